The third-order valence-electron chi connectivity index (χ3n) is 2.36. The maximum Gasteiger partial charge on any atom is 0.259 e. The zero-order valence-electron chi connectivity index (χ0n) is 6.63. The van der Waals surface area contributed by atoms with Gasteiger partial charge in [0.15, 0.2) is 0 Å². The first-order valence-corrected chi connectivity index (χ1v) is 3.82. The summed E-state index contributed by atoms with van der Waals surface area (Å²) in [7, 11) is 0. The Hall–Kier alpha value is -2.24. The van der Waals surface area contributed by atoms with Crippen LogP contribution in [0.3, 0.4) is 0 Å². The van der Waals surface area contributed by atoms with Crippen molar-refractivity contribution in [2.75, 3.05) is 0 Å². The third kappa shape index (κ3) is 0.525. The van der Waals surface area contributed by atoms with Crippen LogP contribution in [0, 0.1) is 0 Å². The molecule has 68 valence electrons. The summed E-state index contributed by atoms with van der Waals surface area (Å²) in [5, 5.41) is 0.198. The molecule has 0 aliphatic heterocycles. The maximum atomic E-state index is 11.1. The number of hydrogen-bond acceptors (Lipinski definition) is 4. The molecule has 0 amide bonds. The monoisotopic (exact) mass is 190 g/mol. The third-order valence-corrected chi connectivity index (χ3v) is 2.36. The summed E-state index contributed by atoms with van der Waals surface area (Å²) >= 11 is 0. The average molecular weight is 190 g/mol. The number of nitrogens with one attached hydrogen (secondary N) is 2. The molecule has 0 spiro atoms. The molecule has 3 aromatic rings. The van der Waals surface area contributed by atoms with Crippen molar-refractivity contribution in [2.24, 2.45) is 0 Å². The first-order valence-electron chi connectivity index (χ1n) is 3.82. The summed E-state index contributed by atoms with van der Waals surface area (Å²) in [6.07, 6.45) is 0. The number of aromatic amines is 2. The molecule has 0 saturated heterocycles. The Bertz CT molecular complexity index is 684. The Morgan fingerprint density at radius 3 is 0.929 bits per heavy atom. The highest BCUT2D eigenvalue weighted by Gasteiger charge is 2.24. The molecule has 0 atom stereocenters. The van der Waals surface area contributed by atoms with Crippen molar-refractivity contribution in [2.45, 2.75) is 0 Å². The van der Waals surface area contributed by atoms with E-state index in [9.17, 15) is 19.2 Å². The van der Waals surface area contributed by atoms with E-state index in [1.54, 1.807) is 0 Å². The van der Waals surface area contributed by atoms with Gasteiger partial charge in [0.25, 0.3) is 22.2 Å². The SMILES string of the molecule is O=c1[nH]c(=O)c2c1c1c(=O)[nH]c(=O)c21. The molecule has 1 aromatic carbocycles. The van der Waals surface area contributed by atoms with Gasteiger partial charge in [-0.3, -0.25) is 29.1 Å². The van der Waals surface area contributed by atoms with Crippen LogP contribution in [0.1, 0.15) is 0 Å². The fourth-order valence-corrected chi connectivity index (χ4v) is 1.80. The van der Waals surface area contributed by atoms with Crippen molar-refractivity contribution in [1.29, 1.82) is 0 Å². The van der Waals surface area contributed by atoms with Crippen molar-refractivity contribution < 1.29 is 0 Å². The molecule has 6 nitrogen and oxygen atoms in total. The molecule has 2 aromatic heterocycles. The largest absolute Gasteiger partial charge is 0.288 e. The number of H-pyrrole nitrogens is 2. The van der Waals surface area contributed by atoms with Crippen LogP contribution in [0.25, 0.3) is 21.5 Å². The van der Waals surface area contributed by atoms with Gasteiger partial charge < -0.3 is 0 Å². The summed E-state index contributed by atoms with van der Waals surface area (Å²) in [4.78, 5) is 48.5. The van der Waals surface area contributed by atoms with Crippen molar-refractivity contribution in [1.82, 2.24) is 9.97 Å². The van der Waals surface area contributed by atoms with Crippen molar-refractivity contribution in [3.63, 3.8) is 0 Å². The van der Waals surface area contributed by atoms with Crippen LogP contribution in [-0.2, 0) is 0 Å². The minimum absolute atomic E-state index is 0.0494. The van der Waals surface area contributed by atoms with E-state index in [1.165, 1.54) is 0 Å². The lowest BCUT2D eigenvalue weighted by atomic mass is 10.0. The predicted molar refractivity (Wildman–Crippen MR) is 48.8 cm³/mol. The minimum atomic E-state index is -0.603. The lowest BCUT2D eigenvalue weighted by Gasteiger charge is -1.92. The van der Waals surface area contributed by atoms with Gasteiger partial charge in [-0.05, 0) is 0 Å². The van der Waals surface area contributed by atoms with Gasteiger partial charge in [-0.2, -0.15) is 0 Å². The Balaban J connectivity index is 2.93. The second kappa shape index (κ2) is 1.82. The second-order valence-corrected chi connectivity index (χ2v) is 3.07. The Morgan fingerprint density at radius 2 is 0.714 bits per heavy atom. The molecule has 2 N–H and O–H groups in total. The van der Waals surface area contributed by atoms with Gasteiger partial charge in [-0.15, -0.1) is 0 Å². The van der Waals surface area contributed by atoms with Crippen molar-refractivity contribution in [3.05, 3.63) is 41.4 Å². The van der Waals surface area contributed by atoms with Crippen LogP contribution in [0.2, 0.25) is 0 Å². The Morgan fingerprint density at radius 1 is 0.500 bits per heavy atom. The summed E-state index contributed by atoms with van der Waals surface area (Å²) in [6, 6.07) is 0. The van der Waals surface area contributed by atoms with Crippen LogP contribution < -0.4 is 22.2 Å². The minimum Gasteiger partial charge on any atom is -0.288 e. The molecule has 0 radical (unpaired) electrons. The van der Waals surface area contributed by atoms with Gasteiger partial charge in [0.1, 0.15) is 0 Å². The highest BCUT2D eigenvalue weighted by molar-refractivity contribution is 6.24. The predicted octanol–water partition coefficient (Wildman–Crippen LogP) is -1.60. The van der Waals surface area contributed by atoms with E-state index in [0.717, 1.165) is 0 Å². The van der Waals surface area contributed by atoms with E-state index in [0.29, 0.717) is 0 Å². The van der Waals surface area contributed by atoms with E-state index in [4.69, 9.17) is 0 Å². The van der Waals surface area contributed by atoms with E-state index < -0.39 is 22.2 Å². The summed E-state index contributed by atoms with van der Waals surface area (Å²) in [5.41, 5.74) is -2.41. The average Bonchev–Trinajstić information content (AvgIpc) is 2.31. The highest BCUT2D eigenvalue weighted by Crippen LogP contribution is 2.23. The number of rotatable bonds is 0. The van der Waals surface area contributed by atoms with Gasteiger partial charge in [0.05, 0.1) is 21.5 Å². The quantitative estimate of drug-likeness (QED) is 0.446. The summed E-state index contributed by atoms with van der Waals surface area (Å²) < 4.78 is 0. The summed E-state index contributed by atoms with van der Waals surface area (Å²) in [5.74, 6) is 0. The molecule has 0 bridgehead atoms. The molecule has 2 heterocycles. The van der Waals surface area contributed by atoms with E-state index in [1.807, 2.05) is 9.97 Å². The molecule has 6 heteroatoms. The van der Waals surface area contributed by atoms with E-state index in [-0.39, 0.29) is 21.5 Å². The maximum absolute atomic E-state index is 11.1. The van der Waals surface area contributed by atoms with Crippen LogP contribution in [-0.4, -0.2) is 9.97 Å². The standard InChI is InChI=1S/C8H2N2O4/c11-5-1-2(6(12)9-5)4-3(1)7(13)10-8(4)14/h(H,9,11,12)(H,10,13,14). The van der Waals surface area contributed by atoms with Gasteiger partial charge in [0, 0.05) is 0 Å². The molecule has 0 fully saturated rings. The number of aromatic nitrogens is 2. The molecule has 0 aliphatic carbocycles. The van der Waals surface area contributed by atoms with E-state index >= 15 is 0 Å². The lowest BCUT2D eigenvalue weighted by molar-refractivity contribution is 1.25. The molecule has 3 rings (SSSR count). The zero-order valence-corrected chi connectivity index (χ0v) is 6.63. The van der Waals surface area contributed by atoms with Gasteiger partial charge >= 0.3 is 0 Å². The van der Waals surface area contributed by atoms with Gasteiger partial charge in [-0.1, -0.05) is 0 Å². The molecule has 0 aliphatic rings. The molecular formula is C8H2N2O4. The lowest BCUT2D eigenvalue weighted by Crippen LogP contribution is -2.08. The molecule has 14 heavy (non-hydrogen) atoms. The smallest absolute Gasteiger partial charge is 0.259 e. The Labute approximate surface area is 73.8 Å². The van der Waals surface area contributed by atoms with Gasteiger partial charge in [0.2, 0.25) is 0 Å². The number of hydrogen-bond donors (Lipinski definition) is 2. The molecular weight excluding hydrogens is 188 g/mol. The van der Waals surface area contributed by atoms with Crippen LogP contribution in [0.5, 0.6) is 0 Å². The number of fused-ring (bicyclic) bond motifs is 4. The van der Waals surface area contributed by atoms with Crippen LogP contribution in [0.15, 0.2) is 19.2 Å². The fraction of sp³-hybridized carbons (Fsp3) is 0. The van der Waals surface area contributed by atoms with Gasteiger partial charge in [-0.25, -0.2) is 0 Å². The molecule has 0 unspecified atom stereocenters. The van der Waals surface area contributed by atoms with E-state index in [2.05, 4.69) is 0 Å². The topological polar surface area (TPSA) is 99.9 Å². The molecule has 0 saturated carbocycles. The highest BCUT2D eigenvalue weighted by atomic mass is 16.2. The Kier molecular flexibility index (Phi) is 0.933. The van der Waals surface area contributed by atoms with Crippen molar-refractivity contribution in [3.8, 4) is 0 Å². The first kappa shape index (κ1) is 7.19. The first-order chi connectivity index (χ1) is 6.61. The second-order valence-electron chi connectivity index (χ2n) is 3.07. The normalized spacial score (nSPS) is 12.0. The summed E-state index contributed by atoms with van der Waals surface area (Å²) in [6.45, 7) is 0. The van der Waals surface area contributed by atoms with Crippen molar-refractivity contribution >= 4 is 21.5 Å². The fourth-order valence-electron chi connectivity index (χ4n) is 1.80. The van der Waals surface area contributed by atoms with Crippen LogP contribution in [0.4, 0.5) is 0 Å². The van der Waals surface area contributed by atoms with Crippen LogP contribution >= 0.6 is 0 Å². The zero-order chi connectivity index (χ0) is 10.0.